The van der Waals surface area contributed by atoms with Crippen LogP contribution < -0.4 is 0 Å². The molecule has 0 spiro atoms. The summed E-state index contributed by atoms with van der Waals surface area (Å²) >= 11 is 0. The zero-order valence-corrected chi connectivity index (χ0v) is 40.3. The highest BCUT2D eigenvalue weighted by Crippen LogP contribution is 2.47. The average Bonchev–Trinajstić information content (AvgIpc) is 3.27. The number of unbranched alkanes of at least 4 members (excludes halogenated alkanes) is 22. The predicted octanol–water partition coefficient (Wildman–Crippen LogP) is 10.8. The van der Waals surface area contributed by atoms with Crippen molar-refractivity contribution in [3.05, 3.63) is 48.6 Å². The molecule has 0 aromatic heterocycles. The second-order valence-electron chi connectivity index (χ2n) is 17.3. The lowest BCUT2D eigenvalue weighted by Crippen LogP contribution is -2.64. The smallest absolute Gasteiger partial charge is 0.457 e. The van der Waals surface area contributed by atoms with Gasteiger partial charge in [-0.3, -0.25) is 13.8 Å². The predicted molar refractivity (Wildman–Crippen MR) is 253 cm³/mol. The van der Waals surface area contributed by atoms with Gasteiger partial charge in [-0.15, -0.1) is 0 Å². The van der Waals surface area contributed by atoms with Crippen LogP contribution in [0.5, 0.6) is 0 Å². The molecule has 1 aliphatic carbocycles. The number of phosphoric ester groups is 1. The molecule has 6 unspecified atom stereocenters. The molecule has 368 valence electrons. The lowest BCUT2D eigenvalue weighted by atomic mass is 9.85. The maximum absolute atomic E-state index is 12.8. The molecule has 12 nitrogen and oxygen atoms in total. The molecule has 6 atom stereocenters. The Morgan fingerprint density at radius 2 is 0.937 bits per heavy atom. The number of phosphoric acid groups is 1. The van der Waals surface area contributed by atoms with E-state index in [0.29, 0.717) is 13.0 Å². The fourth-order valence-corrected chi connectivity index (χ4v) is 8.46. The Bertz CT molecular complexity index is 1230. The summed E-state index contributed by atoms with van der Waals surface area (Å²) in [5.41, 5.74) is 0. The molecule has 0 heterocycles. The van der Waals surface area contributed by atoms with Crippen molar-refractivity contribution in [3.63, 3.8) is 0 Å². The number of esters is 1. The molecule has 0 bridgehead atoms. The van der Waals surface area contributed by atoms with Gasteiger partial charge < -0.3 is 39.9 Å². The first-order valence-corrected chi connectivity index (χ1v) is 26.5. The van der Waals surface area contributed by atoms with Crippen molar-refractivity contribution in [1.82, 2.24) is 0 Å². The molecule has 1 rings (SSSR count). The highest BCUT2D eigenvalue weighted by molar-refractivity contribution is 7.47. The van der Waals surface area contributed by atoms with Crippen molar-refractivity contribution in [3.8, 4) is 0 Å². The summed E-state index contributed by atoms with van der Waals surface area (Å²) in [6, 6.07) is 0. The van der Waals surface area contributed by atoms with Gasteiger partial charge in [0.1, 0.15) is 42.7 Å². The number of aliphatic hydroxyl groups is 5. The van der Waals surface area contributed by atoms with Crippen LogP contribution in [0.3, 0.4) is 0 Å². The number of hydrogen-bond acceptors (Lipinski definition) is 11. The van der Waals surface area contributed by atoms with Crippen LogP contribution in [0.25, 0.3) is 0 Å². The third kappa shape index (κ3) is 32.6. The minimum absolute atomic E-state index is 0.0833. The zero-order valence-electron chi connectivity index (χ0n) is 39.4. The number of rotatable bonds is 42. The number of carbonyl (C=O) groups excluding carboxylic acids is 1. The van der Waals surface area contributed by atoms with E-state index in [-0.39, 0.29) is 13.0 Å². The molecule has 0 amide bonds. The van der Waals surface area contributed by atoms with Gasteiger partial charge in [0.15, 0.2) is 0 Å². The summed E-state index contributed by atoms with van der Waals surface area (Å²) < 4.78 is 34.3. The number of carbonyl (C=O) groups is 1. The maximum Gasteiger partial charge on any atom is 0.472 e. The van der Waals surface area contributed by atoms with E-state index in [1.165, 1.54) is 96.3 Å². The van der Waals surface area contributed by atoms with E-state index >= 15 is 0 Å². The SMILES string of the molecule is CC/C=C\C/C=C\C/C=C\CCCCCCCCCC(=O)OC(COCCCCCCCCCC/C=C\CCCCCCCCC)COP(=O)(O)OC1C(O)C(O)C(O)C(O)C1O. The van der Waals surface area contributed by atoms with Crippen LogP contribution >= 0.6 is 7.82 Å². The molecule has 1 aliphatic rings. The van der Waals surface area contributed by atoms with Gasteiger partial charge in [-0.05, 0) is 70.6 Å². The number of ether oxygens (including phenoxy) is 2. The summed E-state index contributed by atoms with van der Waals surface area (Å²) in [4.78, 5) is 23.2. The van der Waals surface area contributed by atoms with E-state index in [1.54, 1.807) is 0 Å². The third-order valence-corrected chi connectivity index (χ3v) is 12.4. The molecule has 1 fully saturated rings. The fraction of sp³-hybridized carbons (Fsp3) is 0.820. The van der Waals surface area contributed by atoms with E-state index in [2.05, 4.69) is 62.5 Å². The van der Waals surface area contributed by atoms with Gasteiger partial charge in [0.2, 0.25) is 0 Å². The maximum atomic E-state index is 12.8. The van der Waals surface area contributed by atoms with E-state index in [9.17, 15) is 39.8 Å². The molecule has 6 N–H and O–H groups in total. The van der Waals surface area contributed by atoms with Crippen LogP contribution in [-0.2, 0) is 27.9 Å². The Kier molecular flexibility index (Phi) is 38.2. The van der Waals surface area contributed by atoms with Gasteiger partial charge in [-0.25, -0.2) is 4.57 Å². The largest absolute Gasteiger partial charge is 0.472 e. The van der Waals surface area contributed by atoms with Gasteiger partial charge in [0.05, 0.1) is 13.2 Å². The molecule has 0 aliphatic heterocycles. The summed E-state index contributed by atoms with van der Waals surface area (Å²) in [5.74, 6) is -0.488. The minimum Gasteiger partial charge on any atom is -0.457 e. The third-order valence-electron chi connectivity index (χ3n) is 11.4. The van der Waals surface area contributed by atoms with E-state index < -0.39 is 63.1 Å². The molecule has 13 heteroatoms. The number of hydrogen-bond donors (Lipinski definition) is 6. The van der Waals surface area contributed by atoms with Crippen LogP contribution in [0.15, 0.2) is 48.6 Å². The zero-order chi connectivity index (χ0) is 46.2. The summed E-state index contributed by atoms with van der Waals surface area (Å²) in [6.07, 6.45) is 37.4. The first kappa shape index (κ1) is 59.3. The van der Waals surface area contributed by atoms with Crippen molar-refractivity contribution < 1.29 is 58.3 Å². The summed E-state index contributed by atoms with van der Waals surface area (Å²) in [5, 5.41) is 50.3. The van der Waals surface area contributed by atoms with Crippen LogP contribution in [-0.4, -0.2) is 98.9 Å². The topological polar surface area (TPSA) is 192 Å². The van der Waals surface area contributed by atoms with Crippen molar-refractivity contribution >= 4 is 13.8 Å². The Labute approximate surface area is 382 Å². The summed E-state index contributed by atoms with van der Waals surface area (Å²) in [7, 11) is -5.03. The lowest BCUT2D eigenvalue weighted by molar-refractivity contribution is -0.220. The average molecular weight is 915 g/mol. The van der Waals surface area contributed by atoms with Gasteiger partial charge in [0.25, 0.3) is 0 Å². The molecule has 0 aromatic carbocycles. The van der Waals surface area contributed by atoms with Crippen LogP contribution in [0.2, 0.25) is 0 Å². The van der Waals surface area contributed by atoms with Crippen molar-refractivity contribution in [2.24, 2.45) is 0 Å². The highest BCUT2D eigenvalue weighted by atomic mass is 31.2. The van der Waals surface area contributed by atoms with Gasteiger partial charge in [0, 0.05) is 13.0 Å². The monoisotopic (exact) mass is 915 g/mol. The molecule has 1 saturated carbocycles. The molecule has 0 radical (unpaired) electrons. The minimum atomic E-state index is -5.03. The Morgan fingerprint density at radius 1 is 0.524 bits per heavy atom. The molecule has 0 aromatic rings. The highest BCUT2D eigenvalue weighted by Gasteiger charge is 2.51. The molecular weight excluding hydrogens is 824 g/mol. The normalized spacial score (nSPS) is 22.2. The van der Waals surface area contributed by atoms with E-state index in [0.717, 1.165) is 77.0 Å². The quantitative estimate of drug-likeness (QED) is 0.0147. The van der Waals surface area contributed by atoms with Crippen molar-refractivity contribution in [1.29, 1.82) is 0 Å². The Morgan fingerprint density at radius 3 is 1.44 bits per heavy atom. The van der Waals surface area contributed by atoms with E-state index in [4.69, 9.17) is 18.5 Å². The molecule has 63 heavy (non-hydrogen) atoms. The van der Waals surface area contributed by atoms with E-state index in [1.807, 2.05) is 0 Å². The summed E-state index contributed by atoms with van der Waals surface area (Å²) in [6.45, 7) is 4.14. The van der Waals surface area contributed by atoms with Crippen molar-refractivity contribution in [2.75, 3.05) is 19.8 Å². The second kappa shape index (κ2) is 40.6. The standard InChI is InChI=1S/C50H91O12P/c1-3-5-7-9-11-13-15-17-19-21-22-24-26-28-30-32-34-36-38-40-59-41-43(42-60-63(57,58)62-50-48(55)46(53)45(52)47(54)49(50)56)61-44(51)39-37-35-33-31-29-27-25-23-20-18-16-14-12-10-8-6-4-2/h6,8,12,14,18-21,43,45-50,52-56H,3-5,7,9-11,13,15-17,22-42H2,1-2H3,(H,57,58)/b8-6-,14-12-,20-18-,21-19-. The Hall–Kier alpha value is -1.70. The second-order valence-corrected chi connectivity index (χ2v) is 18.7. The van der Waals surface area contributed by atoms with Gasteiger partial charge >= 0.3 is 13.8 Å². The molecule has 0 saturated heterocycles. The van der Waals surface area contributed by atoms with Crippen LogP contribution in [0.4, 0.5) is 0 Å². The number of allylic oxidation sites excluding steroid dienone is 8. The first-order chi connectivity index (χ1) is 30.5. The lowest BCUT2D eigenvalue weighted by Gasteiger charge is -2.41. The van der Waals surface area contributed by atoms with Gasteiger partial charge in [-0.2, -0.15) is 0 Å². The fourth-order valence-electron chi connectivity index (χ4n) is 7.48. The van der Waals surface area contributed by atoms with Gasteiger partial charge in [-0.1, -0.05) is 172 Å². The molecular formula is C50H91O12P. The Balaban J connectivity index is 2.36. The number of aliphatic hydroxyl groups excluding tert-OH is 5. The van der Waals surface area contributed by atoms with Crippen LogP contribution in [0.1, 0.15) is 200 Å². The first-order valence-electron chi connectivity index (χ1n) is 25.0. The van der Waals surface area contributed by atoms with Crippen molar-refractivity contribution in [2.45, 2.75) is 243 Å². The van der Waals surface area contributed by atoms with Crippen LogP contribution in [0, 0.1) is 0 Å².